The van der Waals surface area contributed by atoms with Crippen molar-refractivity contribution >= 4 is 0 Å². The average Bonchev–Trinajstić information content (AvgIpc) is 2.45. The van der Waals surface area contributed by atoms with Gasteiger partial charge in [-0.25, -0.2) is 0 Å². The number of rotatable bonds is 3. The molecule has 0 aliphatic carbocycles. The van der Waals surface area contributed by atoms with Crippen LogP contribution in [0.15, 0.2) is 6.07 Å². The molecular weight excluding hydrogens is 148 g/mol. The van der Waals surface area contributed by atoms with Crippen LogP contribution in [0.1, 0.15) is 44.5 Å². The van der Waals surface area contributed by atoms with Crippen LogP contribution in [0, 0.1) is 6.92 Å². The SMILES string of the molecule is CCC(C)c1cc(C)n(CC)n1. The summed E-state index contributed by atoms with van der Waals surface area (Å²) in [6.07, 6.45) is 1.17. The molecule has 1 atom stereocenters. The van der Waals surface area contributed by atoms with Crippen molar-refractivity contribution in [3.8, 4) is 0 Å². The predicted molar refractivity (Wildman–Crippen MR) is 51.3 cm³/mol. The van der Waals surface area contributed by atoms with Crippen molar-refractivity contribution < 1.29 is 0 Å². The largest absolute Gasteiger partial charge is 0.270 e. The molecule has 1 rings (SSSR count). The fourth-order valence-electron chi connectivity index (χ4n) is 1.31. The first-order valence-electron chi connectivity index (χ1n) is 4.73. The predicted octanol–water partition coefficient (Wildman–Crippen LogP) is 2.72. The van der Waals surface area contributed by atoms with Crippen LogP contribution in [0.3, 0.4) is 0 Å². The molecule has 0 spiro atoms. The van der Waals surface area contributed by atoms with E-state index in [0.29, 0.717) is 5.92 Å². The highest BCUT2D eigenvalue weighted by atomic mass is 15.3. The second-order valence-corrected chi connectivity index (χ2v) is 3.34. The molecular formula is C10H18N2. The third-order valence-electron chi connectivity index (χ3n) is 2.42. The Morgan fingerprint density at radius 3 is 2.58 bits per heavy atom. The Labute approximate surface area is 74.6 Å². The summed E-state index contributed by atoms with van der Waals surface area (Å²) < 4.78 is 2.06. The van der Waals surface area contributed by atoms with Gasteiger partial charge in [-0.3, -0.25) is 4.68 Å². The van der Waals surface area contributed by atoms with Gasteiger partial charge >= 0.3 is 0 Å². The molecule has 0 aromatic carbocycles. The fourth-order valence-corrected chi connectivity index (χ4v) is 1.31. The van der Waals surface area contributed by atoms with E-state index in [-0.39, 0.29) is 0 Å². The molecule has 68 valence electrons. The van der Waals surface area contributed by atoms with Crippen LogP contribution in [0.2, 0.25) is 0 Å². The third kappa shape index (κ3) is 1.68. The maximum atomic E-state index is 4.52. The molecule has 0 aliphatic rings. The Morgan fingerprint density at radius 1 is 1.50 bits per heavy atom. The minimum atomic E-state index is 0.594. The second kappa shape index (κ2) is 3.74. The van der Waals surface area contributed by atoms with Gasteiger partial charge in [0, 0.05) is 12.2 Å². The number of hydrogen-bond acceptors (Lipinski definition) is 1. The van der Waals surface area contributed by atoms with Crippen LogP contribution in [0.4, 0.5) is 0 Å². The summed E-state index contributed by atoms with van der Waals surface area (Å²) in [7, 11) is 0. The molecule has 1 heterocycles. The van der Waals surface area contributed by atoms with Crippen LogP contribution in [0.25, 0.3) is 0 Å². The number of nitrogens with zero attached hydrogens (tertiary/aromatic N) is 2. The number of aromatic nitrogens is 2. The highest BCUT2D eigenvalue weighted by molar-refractivity contribution is 5.12. The summed E-state index contributed by atoms with van der Waals surface area (Å²) in [4.78, 5) is 0. The van der Waals surface area contributed by atoms with E-state index in [9.17, 15) is 0 Å². The quantitative estimate of drug-likeness (QED) is 0.675. The normalized spacial score (nSPS) is 13.3. The zero-order chi connectivity index (χ0) is 9.14. The fraction of sp³-hybridized carbons (Fsp3) is 0.700. The van der Waals surface area contributed by atoms with Gasteiger partial charge in [0.2, 0.25) is 0 Å². The van der Waals surface area contributed by atoms with E-state index in [4.69, 9.17) is 0 Å². The molecule has 1 aromatic heterocycles. The van der Waals surface area contributed by atoms with E-state index in [1.54, 1.807) is 0 Å². The van der Waals surface area contributed by atoms with Crippen molar-refractivity contribution in [1.29, 1.82) is 0 Å². The molecule has 0 bridgehead atoms. The molecule has 0 amide bonds. The van der Waals surface area contributed by atoms with Gasteiger partial charge in [0.1, 0.15) is 0 Å². The lowest BCUT2D eigenvalue weighted by molar-refractivity contribution is 0.606. The summed E-state index contributed by atoms with van der Waals surface area (Å²) in [5, 5.41) is 4.52. The minimum Gasteiger partial charge on any atom is -0.270 e. The molecule has 1 unspecified atom stereocenters. The van der Waals surface area contributed by atoms with Gasteiger partial charge < -0.3 is 0 Å². The first-order valence-corrected chi connectivity index (χ1v) is 4.73. The molecule has 0 fully saturated rings. The van der Waals surface area contributed by atoms with Crippen LogP contribution >= 0.6 is 0 Å². The Morgan fingerprint density at radius 2 is 2.17 bits per heavy atom. The topological polar surface area (TPSA) is 17.8 Å². The molecule has 0 saturated heterocycles. The molecule has 0 N–H and O–H groups in total. The van der Waals surface area contributed by atoms with Crippen LogP contribution in [-0.4, -0.2) is 9.78 Å². The van der Waals surface area contributed by atoms with Gasteiger partial charge in [0.15, 0.2) is 0 Å². The van der Waals surface area contributed by atoms with Crippen molar-refractivity contribution in [3.05, 3.63) is 17.5 Å². The Bertz CT molecular complexity index is 250. The lowest BCUT2D eigenvalue weighted by atomic mass is 10.1. The highest BCUT2D eigenvalue weighted by Gasteiger charge is 2.08. The third-order valence-corrected chi connectivity index (χ3v) is 2.42. The zero-order valence-corrected chi connectivity index (χ0v) is 8.46. The van der Waals surface area contributed by atoms with Crippen molar-refractivity contribution in [1.82, 2.24) is 9.78 Å². The van der Waals surface area contributed by atoms with E-state index in [2.05, 4.69) is 43.5 Å². The smallest absolute Gasteiger partial charge is 0.0655 e. The summed E-state index contributed by atoms with van der Waals surface area (Å²) >= 11 is 0. The van der Waals surface area contributed by atoms with E-state index in [0.717, 1.165) is 6.54 Å². The lowest BCUT2D eigenvalue weighted by Crippen LogP contribution is -2.00. The van der Waals surface area contributed by atoms with Gasteiger partial charge in [0.05, 0.1) is 5.69 Å². The highest BCUT2D eigenvalue weighted by Crippen LogP contribution is 2.17. The summed E-state index contributed by atoms with van der Waals surface area (Å²) in [6, 6.07) is 2.19. The Kier molecular flexibility index (Phi) is 2.90. The van der Waals surface area contributed by atoms with Crippen LogP contribution < -0.4 is 0 Å². The molecule has 0 aliphatic heterocycles. The van der Waals surface area contributed by atoms with Gasteiger partial charge in [-0.1, -0.05) is 13.8 Å². The average molecular weight is 166 g/mol. The molecule has 12 heavy (non-hydrogen) atoms. The zero-order valence-electron chi connectivity index (χ0n) is 8.46. The number of hydrogen-bond donors (Lipinski definition) is 0. The first kappa shape index (κ1) is 9.30. The van der Waals surface area contributed by atoms with E-state index in [1.165, 1.54) is 17.8 Å². The molecule has 1 aromatic rings. The summed E-state index contributed by atoms with van der Waals surface area (Å²) in [6.45, 7) is 9.64. The molecule has 0 saturated carbocycles. The Balaban J connectivity index is 2.88. The van der Waals surface area contributed by atoms with E-state index < -0.39 is 0 Å². The van der Waals surface area contributed by atoms with Crippen molar-refractivity contribution in [2.75, 3.05) is 0 Å². The maximum Gasteiger partial charge on any atom is 0.0655 e. The molecule has 2 nitrogen and oxygen atoms in total. The second-order valence-electron chi connectivity index (χ2n) is 3.34. The molecule has 0 radical (unpaired) electrons. The lowest BCUT2D eigenvalue weighted by Gasteiger charge is -2.02. The monoisotopic (exact) mass is 166 g/mol. The van der Waals surface area contributed by atoms with Gasteiger partial charge in [-0.15, -0.1) is 0 Å². The van der Waals surface area contributed by atoms with Crippen molar-refractivity contribution in [3.63, 3.8) is 0 Å². The van der Waals surface area contributed by atoms with Crippen LogP contribution in [-0.2, 0) is 6.54 Å². The van der Waals surface area contributed by atoms with Crippen molar-refractivity contribution in [2.24, 2.45) is 0 Å². The standard InChI is InChI=1S/C10H18N2/c1-5-8(3)10-7-9(4)12(6-2)11-10/h7-8H,5-6H2,1-4H3. The maximum absolute atomic E-state index is 4.52. The summed E-state index contributed by atoms with van der Waals surface area (Å²) in [5.74, 6) is 0.594. The van der Waals surface area contributed by atoms with Gasteiger partial charge in [-0.2, -0.15) is 5.10 Å². The van der Waals surface area contributed by atoms with Gasteiger partial charge in [-0.05, 0) is 32.3 Å². The Hall–Kier alpha value is -0.790. The summed E-state index contributed by atoms with van der Waals surface area (Å²) in [5.41, 5.74) is 2.50. The number of aryl methyl sites for hydroxylation is 2. The minimum absolute atomic E-state index is 0.594. The van der Waals surface area contributed by atoms with E-state index >= 15 is 0 Å². The van der Waals surface area contributed by atoms with E-state index in [1.807, 2.05) is 0 Å². The van der Waals surface area contributed by atoms with Crippen LogP contribution in [0.5, 0.6) is 0 Å². The van der Waals surface area contributed by atoms with Gasteiger partial charge in [0.25, 0.3) is 0 Å². The van der Waals surface area contributed by atoms with Crippen molar-refractivity contribution in [2.45, 2.75) is 46.6 Å². The molecule has 2 heteroatoms. The first-order chi connectivity index (χ1) is 5.69.